The normalized spacial score (nSPS) is 24.5. The van der Waals surface area contributed by atoms with Gasteiger partial charge in [0.1, 0.15) is 7.85 Å². The van der Waals surface area contributed by atoms with E-state index in [0.29, 0.717) is 18.0 Å². The van der Waals surface area contributed by atoms with Crippen LogP contribution in [0.2, 0.25) is 0 Å². The molecule has 0 amide bonds. The van der Waals surface area contributed by atoms with E-state index in [1.54, 1.807) is 0 Å². The Morgan fingerprint density at radius 1 is 0.769 bits per heavy atom. The van der Waals surface area contributed by atoms with Gasteiger partial charge in [-0.25, -0.2) is 0 Å². The summed E-state index contributed by atoms with van der Waals surface area (Å²) < 4.78 is 0. The fourth-order valence-electron chi connectivity index (χ4n) is 7.22. The Balaban J connectivity index is 1.16. The summed E-state index contributed by atoms with van der Waals surface area (Å²) in [6.07, 6.45) is 20.3. The second kappa shape index (κ2) is 8.91. The van der Waals surface area contributed by atoms with Crippen molar-refractivity contribution in [3.8, 4) is 0 Å². The molecule has 5 aliphatic rings. The fraction of sp³-hybridized carbons (Fsp3) is 0.167. The van der Waals surface area contributed by atoms with Crippen LogP contribution in [0.15, 0.2) is 149 Å². The van der Waals surface area contributed by atoms with Gasteiger partial charge >= 0.3 is 0 Å². The van der Waals surface area contributed by atoms with Crippen molar-refractivity contribution in [3.63, 3.8) is 0 Å². The van der Waals surface area contributed by atoms with Crippen molar-refractivity contribution in [1.82, 2.24) is 0 Å². The quantitative estimate of drug-likeness (QED) is 0.364. The fourth-order valence-corrected chi connectivity index (χ4v) is 7.22. The van der Waals surface area contributed by atoms with Crippen molar-refractivity contribution < 1.29 is 0 Å². The Morgan fingerprint density at radius 3 is 2.44 bits per heavy atom. The molecule has 3 heteroatoms. The monoisotopic (exact) mass is 502 g/mol. The maximum atomic E-state index is 2.60. The zero-order valence-corrected chi connectivity index (χ0v) is 22.3. The molecule has 39 heavy (non-hydrogen) atoms. The number of anilines is 3. The van der Waals surface area contributed by atoms with E-state index in [4.69, 9.17) is 0 Å². The lowest BCUT2D eigenvalue weighted by atomic mass is 9.82. The van der Waals surface area contributed by atoms with Gasteiger partial charge in [0.15, 0.2) is 0 Å². The molecule has 2 nitrogen and oxygen atoms in total. The SMILES string of the molecule is Bc1ccc(N2c3ccccc3C3C=C(C4=CCC5C(=C4)C4=C(CCC=C4)N5c4ccccc4)C=CC32)cc1. The smallest absolute Gasteiger partial charge is 0.139 e. The second-order valence-electron chi connectivity index (χ2n) is 11.3. The molecule has 3 unspecified atom stereocenters. The average molecular weight is 502 g/mol. The standard InChI is InChI=1S/C36H31BN2/c37-26-16-18-28(19-17-26)39-34-13-7-5-11-30(34)32-23-25(15-21-36(32)39)24-14-20-35-31(22-24)29-10-4-6-12-33(29)38(35)27-8-2-1-3-9-27/h1-5,7-11,13-19,21-23,32,35-36H,6,12,20,37H2. The average Bonchev–Trinajstić information content (AvgIpc) is 3.50. The zero-order chi connectivity index (χ0) is 25.9. The first-order valence-corrected chi connectivity index (χ1v) is 14.3. The molecule has 0 bridgehead atoms. The summed E-state index contributed by atoms with van der Waals surface area (Å²) in [6.45, 7) is 0. The third-order valence-corrected chi connectivity index (χ3v) is 9.02. The van der Waals surface area contributed by atoms with Crippen molar-refractivity contribution >= 4 is 30.4 Å². The third-order valence-electron chi connectivity index (χ3n) is 9.02. The number of nitrogens with zero attached hydrogens (tertiary/aromatic N) is 2. The number of hydrogen-bond acceptors (Lipinski definition) is 2. The minimum absolute atomic E-state index is 0.300. The molecule has 2 heterocycles. The van der Waals surface area contributed by atoms with Gasteiger partial charge in [-0.15, -0.1) is 0 Å². The van der Waals surface area contributed by atoms with E-state index in [9.17, 15) is 0 Å². The van der Waals surface area contributed by atoms with E-state index in [0.717, 1.165) is 19.3 Å². The van der Waals surface area contributed by atoms with Crippen molar-refractivity contribution in [1.29, 1.82) is 0 Å². The zero-order valence-electron chi connectivity index (χ0n) is 22.3. The summed E-state index contributed by atoms with van der Waals surface area (Å²) >= 11 is 0. The lowest BCUT2D eigenvalue weighted by Crippen LogP contribution is -2.32. The molecule has 0 aromatic heterocycles. The summed E-state index contributed by atoms with van der Waals surface area (Å²) in [5, 5.41) is 0. The van der Waals surface area contributed by atoms with Crippen LogP contribution in [0.25, 0.3) is 0 Å². The summed E-state index contributed by atoms with van der Waals surface area (Å²) in [7, 11) is 2.16. The minimum atomic E-state index is 0.300. The second-order valence-corrected chi connectivity index (χ2v) is 11.3. The van der Waals surface area contributed by atoms with Crippen LogP contribution in [0.4, 0.5) is 17.1 Å². The highest BCUT2D eigenvalue weighted by atomic mass is 15.2. The van der Waals surface area contributed by atoms with Gasteiger partial charge < -0.3 is 9.80 Å². The number of rotatable bonds is 3. The molecule has 0 saturated carbocycles. The molecule has 3 atom stereocenters. The van der Waals surface area contributed by atoms with Crippen LogP contribution in [-0.4, -0.2) is 19.9 Å². The highest BCUT2D eigenvalue weighted by Gasteiger charge is 2.40. The van der Waals surface area contributed by atoms with Crippen LogP contribution in [0, 0.1) is 0 Å². The van der Waals surface area contributed by atoms with Crippen LogP contribution >= 0.6 is 0 Å². The molecule has 3 aliphatic carbocycles. The highest BCUT2D eigenvalue weighted by Crippen LogP contribution is 2.50. The van der Waals surface area contributed by atoms with E-state index < -0.39 is 0 Å². The first-order chi connectivity index (χ1) is 19.3. The Labute approximate surface area is 232 Å². The Morgan fingerprint density at radius 2 is 1.56 bits per heavy atom. The molecule has 3 aromatic carbocycles. The van der Waals surface area contributed by atoms with Crippen molar-refractivity contribution in [2.75, 3.05) is 9.80 Å². The first-order valence-electron chi connectivity index (χ1n) is 14.3. The molecule has 0 saturated heterocycles. The molecule has 0 radical (unpaired) electrons. The minimum Gasteiger partial charge on any atom is -0.337 e. The van der Waals surface area contributed by atoms with Gasteiger partial charge in [-0.1, -0.05) is 90.4 Å². The Hall–Kier alpha value is -4.24. The van der Waals surface area contributed by atoms with E-state index in [1.807, 2.05) is 0 Å². The predicted octanol–water partition coefficient (Wildman–Crippen LogP) is 6.79. The van der Waals surface area contributed by atoms with Gasteiger partial charge in [-0.2, -0.15) is 0 Å². The molecule has 0 N–H and O–H groups in total. The molecular formula is C36H31BN2. The van der Waals surface area contributed by atoms with Crippen molar-refractivity contribution in [2.24, 2.45) is 0 Å². The maximum Gasteiger partial charge on any atom is 0.139 e. The van der Waals surface area contributed by atoms with E-state index >= 15 is 0 Å². The number of fused-ring (bicyclic) bond motifs is 5. The van der Waals surface area contributed by atoms with Crippen LogP contribution in [-0.2, 0) is 0 Å². The molecule has 3 aromatic rings. The van der Waals surface area contributed by atoms with Gasteiger partial charge in [-0.3, -0.25) is 0 Å². The number of benzene rings is 3. The summed E-state index contributed by atoms with van der Waals surface area (Å²) in [5.41, 5.74) is 13.7. The van der Waals surface area contributed by atoms with Crippen LogP contribution in [0.3, 0.4) is 0 Å². The highest BCUT2D eigenvalue weighted by molar-refractivity contribution is 6.32. The van der Waals surface area contributed by atoms with Gasteiger partial charge in [0.2, 0.25) is 0 Å². The van der Waals surface area contributed by atoms with Crippen LogP contribution < -0.4 is 15.3 Å². The topological polar surface area (TPSA) is 6.48 Å². The largest absolute Gasteiger partial charge is 0.337 e. The Kier molecular flexibility index (Phi) is 5.19. The molecule has 2 aliphatic heterocycles. The molecule has 0 spiro atoms. The summed E-state index contributed by atoms with van der Waals surface area (Å²) in [4.78, 5) is 5.12. The first kappa shape index (κ1) is 22.7. The van der Waals surface area contributed by atoms with Crippen molar-refractivity contribution in [2.45, 2.75) is 37.3 Å². The molecular weight excluding hydrogens is 471 g/mol. The third kappa shape index (κ3) is 3.56. The molecule has 8 rings (SSSR count). The molecule has 0 fully saturated rings. The Bertz CT molecular complexity index is 1650. The van der Waals surface area contributed by atoms with Gasteiger partial charge in [0.05, 0.1) is 12.1 Å². The van der Waals surface area contributed by atoms with Gasteiger partial charge in [-0.05, 0) is 83.5 Å². The summed E-state index contributed by atoms with van der Waals surface area (Å²) in [6, 6.07) is 29.5. The van der Waals surface area contributed by atoms with E-state index in [1.165, 1.54) is 56.1 Å². The number of hydrogen-bond donors (Lipinski definition) is 0. The van der Waals surface area contributed by atoms with Gasteiger partial charge in [0.25, 0.3) is 0 Å². The lowest BCUT2D eigenvalue weighted by Gasteiger charge is -2.32. The number of para-hydroxylation sites is 2. The van der Waals surface area contributed by atoms with E-state index in [2.05, 4.69) is 139 Å². The lowest BCUT2D eigenvalue weighted by molar-refractivity contribution is 0.730. The van der Waals surface area contributed by atoms with Gasteiger partial charge in [0, 0.05) is 28.7 Å². The van der Waals surface area contributed by atoms with E-state index in [-0.39, 0.29) is 0 Å². The van der Waals surface area contributed by atoms with Crippen molar-refractivity contribution in [3.05, 3.63) is 155 Å². The number of allylic oxidation sites excluding steroid dienone is 7. The summed E-state index contributed by atoms with van der Waals surface area (Å²) in [5.74, 6) is 0.341. The maximum absolute atomic E-state index is 2.60. The predicted molar refractivity (Wildman–Crippen MR) is 166 cm³/mol. The van der Waals surface area contributed by atoms with Crippen LogP contribution in [0.5, 0.6) is 0 Å². The molecule has 188 valence electrons. The van der Waals surface area contributed by atoms with Crippen LogP contribution in [0.1, 0.15) is 30.7 Å².